The molecule has 4 rings (SSSR count). The van der Waals surface area contributed by atoms with Gasteiger partial charge in [-0.3, -0.25) is 4.79 Å². The summed E-state index contributed by atoms with van der Waals surface area (Å²) in [6.07, 6.45) is 2.40. The van der Waals surface area contributed by atoms with Crippen molar-refractivity contribution < 1.29 is 14.3 Å². The van der Waals surface area contributed by atoms with Gasteiger partial charge in [-0.15, -0.1) is 0 Å². The first-order valence-corrected chi connectivity index (χ1v) is 11.1. The fraction of sp³-hybridized carbons (Fsp3) is 0.214. The molecular weight excluding hydrogens is 412 g/mol. The van der Waals surface area contributed by atoms with Crippen molar-refractivity contribution in [3.05, 3.63) is 94.6 Å². The van der Waals surface area contributed by atoms with Crippen LogP contribution < -0.4 is 14.4 Å². The van der Waals surface area contributed by atoms with E-state index in [1.54, 1.807) is 17.0 Å². The summed E-state index contributed by atoms with van der Waals surface area (Å²) in [5.74, 6) is 0.907. The summed E-state index contributed by atoms with van der Waals surface area (Å²) in [5, 5.41) is 9.70. The number of para-hydroxylation sites is 1. The van der Waals surface area contributed by atoms with E-state index in [1.165, 1.54) is 5.56 Å². The molecule has 0 fully saturated rings. The van der Waals surface area contributed by atoms with Crippen LogP contribution in [0.15, 0.2) is 72.3 Å². The average Bonchev–Trinajstić information content (AvgIpc) is 3.26. The number of nitriles is 1. The molecule has 3 aromatic carbocycles. The number of hydrogen-bond donors (Lipinski definition) is 0. The minimum absolute atomic E-state index is 0.0857. The molecule has 0 radical (unpaired) electrons. The van der Waals surface area contributed by atoms with Crippen molar-refractivity contribution in [2.75, 3.05) is 18.1 Å². The van der Waals surface area contributed by atoms with Gasteiger partial charge in [0.05, 0.1) is 6.61 Å². The Morgan fingerprint density at radius 3 is 2.70 bits per heavy atom. The van der Waals surface area contributed by atoms with E-state index in [0.29, 0.717) is 36.8 Å². The molecule has 33 heavy (non-hydrogen) atoms. The Morgan fingerprint density at radius 1 is 1.06 bits per heavy atom. The number of rotatable bonds is 7. The number of anilines is 1. The van der Waals surface area contributed by atoms with Gasteiger partial charge in [0.25, 0.3) is 5.91 Å². The first-order valence-electron chi connectivity index (χ1n) is 11.1. The highest BCUT2D eigenvalue weighted by molar-refractivity contribution is 6.12. The first kappa shape index (κ1) is 22.2. The lowest BCUT2D eigenvalue weighted by molar-refractivity contribution is -0.114. The Balaban J connectivity index is 1.55. The summed E-state index contributed by atoms with van der Waals surface area (Å²) < 4.78 is 11.8. The van der Waals surface area contributed by atoms with Crippen LogP contribution in [-0.4, -0.2) is 19.1 Å². The van der Waals surface area contributed by atoms with Crippen LogP contribution in [0.4, 0.5) is 5.69 Å². The van der Waals surface area contributed by atoms with Gasteiger partial charge in [0.1, 0.15) is 18.2 Å². The monoisotopic (exact) mass is 438 g/mol. The molecule has 0 atom stereocenters. The number of carbonyl (C=O) groups is 1. The Kier molecular flexibility index (Phi) is 6.75. The summed E-state index contributed by atoms with van der Waals surface area (Å²) in [5.41, 5.74) is 5.04. The zero-order valence-corrected chi connectivity index (χ0v) is 18.9. The molecule has 1 aliphatic rings. The van der Waals surface area contributed by atoms with E-state index in [0.717, 1.165) is 23.2 Å². The van der Waals surface area contributed by atoms with Gasteiger partial charge in [-0.1, -0.05) is 54.1 Å². The Labute approximate surface area is 194 Å². The number of benzene rings is 3. The Bertz CT molecular complexity index is 1240. The van der Waals surface area contributed by atoms with Crippen LogP contribution in [0, 0.1) is 18.3 Å². The van der Waals surface area contributed by atoms with Gasteiger partial charge in [0, 0.05) is 12.2 Å². The summed E-state index contributed by atoms with van der Waals surface area (Å²) in [4.78, 5) is 14.8. The van der Waals surface area contributed by atoms with Crippen LogP contribution in [0.5, 0.6) is 11.5 Å². The lowest BCUT2D eigenvalue weighted by Gasteiger charge is -2.17. The zero-order chi connectivity index (χ0) is 23.2. The van der Waals surface area contributed by atoms with Gasteiger partial charge < -0.3 is 14.4 Å². The van der Waals surface area contributed by atoms with Crippen molar-refractivity contribution in [3.8, 4) is 17.6 Å². The van der Waals surface area contributed by atoms with Crippen LogP contribution in [0.3, 0.4) is 0 Å². The standard InChI is InChI=1S/C28H26N2O3/c1-3-32-27-17-21(11-12-26(27)33-19-22-8-6-7-20(2)15-22)16-24(18-29)28(31)30-14-13-23-9-4-5-10-25(23)30/h4-12,15-17H,3,13-14,19H2,1-2H3/b24-16+. The van der Waals surface area contributed by atoms with Crippen molar-refractivity contribution in [1.29, 1.82) is 5.26 Å². The van der Waals surface area contributed by atoms with Crippen LogP contribution in [0.25, 0.3) is 6.08 Å². The molecule has 0 aromatic heterocycles. The lowest BCUT2D eigenvalue weighted by Crippen LogP contribution is -2.29. The van der Waals surface area contributed by atoms with E-state index in [2.05, 4.69) is 12.1 Å². The molecule has 1 amide bonds. The third-order valence-corrected chi connectivity index (χ3v) is 5.54. The summed E-state index contributed by atoms with van der Waals surface area (Å²) in [7, 11) is 0. The number of hydrogen-bond acceptors (Lipinski definition) is 4. The van der Waals surface area contributed by atoms with Crippen molar-refractivity contribution in [1.82, 2.24) is 0 Å². The molecule has 0 bridgehead atoms. The third-order valence-electron chi connectivity index (χ3n) is 5.54. The molecule has 0 unspecified atom stereocenters. The maximum atomic E-state index is 13.1. The van der Waals surface area contributed by atoms with E-state index >= 15 is 0 Å². The molecule has 1 aliphatic heterocycles. The summed E-state index contributed by atoms with van der Waals surface area (Å²) in [6.45, 7) is 5.43. The van der Waals surface area contributed by atoms with Crippen molar-refractivity contribution in [3.63, 3.8) is 0 Å². The van der Waals surface area contributed by atoms with E-state index in [4.69, 9.17) is 9.47 Å². The molecule has 0 aliphatic carbocycles. The maximum Gasteiger partial charge on any atom is 0.268 e. The molecule has 3 aromatic rings. The lowest BCUT2D eigenvalue weighted by atomic mass is 10.1. The largest absolute Gasteiger partial charge is 0.490 e. The van der Waals surface area contributed by atoms with Gasteiger partial charge in [-0.25, -0.2) is 0 Å². The third kappa shape index (κ3) is 5.07. The van der Waals surface area contributed by atoms with Gasteiger partial charge in [0.15, 0.2) is 11.5 Å². The van der Waals surface area contributed by atoms with Crippen molar-refractivity contribution in [2.24, 2.45) is 0 Å². The predicted octanol–water partition coefficient (Wildman–Crippen LogP) is 5.47. The van der Waals surface area contributed by atoms with Gasteiger partial charge >= 0.3 is 0 Å². The maximum absolute atomic E-state index is 13.1. The molecule has 0 saturated heterocycles. The van der Waals surface area contributed by atoms with Gasteiger partial charge in [0.2, 0.25) is 0 Å². The molecular formula is C28H26N2O3. The fourth-order valence-electron chi connectivity index (χ4n) is 3.97. The Morgan fingerprint density at radius 2 is 1.91 bits per heavy atom. The van der Waals surface area contributed by atoms with E-state index in [1.807, 2.05) is 68.4 Å². The highest BCUT2D eigenvalue weighted by atomic mass is 16.5. The minimum atomic E-state index is -0.291. The van der Waals surface area contributed by atoms with Crippen LogP contribution in [0.1, 0.15) is 29.2 Å². The van der Waals surface area contributed by atoms with Gasteiger partial charge in [-0.2, -0.15) is 5.26 Å². The van der Waals surface area contributed by atoms with E-state index in [9.17, 15) is 10.1 Å². The smallest absolute Gasteiger partial charge is 0.268 e. The van der Waals surface area contributed by atoms with Crippen molar-refractivity contribution >= 4 is 17.7 Å². The molecule has 0 N–H and O–H groups in total. The number of amides is 1. The highest BCUT2D eigenvalue weighted by Gasteiger charge is 2.26. The number of carbonyl (C=O) groups excluding carboxylic acids is 1. The molecule has 0 spiro atoms. The average molecular weight is 439 g/mol. The quantitative estimate of drug-likeness (QED) is 0.363. The number of nitrogens with zero attached hydrogens (tertiary/aromatic N) is 2. The van der Waals surface area contributed by atoms with E-state index < -0.39 is 0 Å². The van der Waals surface area contributed by atoms with Crippen molar-refractivity contribution in [2.45, 2.75) is 26.9 Å². The Hall–Kier alpha value is -4.04. The number of fused-ring (bicyclic) bond motifs is 1. The van der Waals surface area contributed by atoms with Crippen LogP contribution >= 0.6 is 0 Å². The second-order valence-corrected chi connectivity index (χ2v) is 7.92. The molecule has 5 heteroatoms. The molecule has 1 heterocycles. The summed E-state index contributed by atoms with van der Waals surface area (Å²) >= 11 is 0. The highest BCUT2D eigenvalue weighted by Crippen LogP contribution is 2.32. The number of ether oxygens (including phenoxy) is 2. The molecule has 166 valence electrons. The molecule has 5 nitrogen and oxygen atoms in total. The zero-order valence-electron chi connectivity index (χ0n) is 18.9. The number of aryl methyl sites for hydroxylation is 1. The summed E-state index contributed by atoms with van der Waals surface area (Å²) in [6, 6.07) is 23.5. The van der Waals surface area contributed by atoms with Crippen LogP contribution in [-0.2, 0) is 17.8 Å². The predicted molar refractivity (Wildman–Crippen MR) is 129 cm³/mol. The minimum Gasteiger partial charge on any atom is -0.490 e. The second-order valence-electron chi connectivity index (χ2n) is 7.92. The normalized spacial score (nSPS) is 12.8. The van der Waals surface area contributed by atoms with Crippen LogP contribution in [0.2, 0.25) is 0 Å². The topological polar surface area (TPSA) is 62.6 Å². The van der Waals surface area contributed by atoms with E-state index in [-0.39, 0.29) is 11.5 Å². The fourth-order valence-corrected chi connectivity index (χ4v) is 3.97. The SMILES string of the molecule is CCOc1cc(/C=C(\C#N)C(=O)N2CCc3ccccc32)ccc1OCc1cccc(C)c1. The first-order chi connectivity index (χ1) is 16.1. The second kappa shape index (κ2) is 10.1. The van der Waals surface area contributed by atoms with Gasteiger partial charge in [-0.05, 0) is 61.2 Å². The molecule has 0 saturated carbocycles.